The molecule has 0 aliphatic heterocycles. The molecule has 3 nitrogen and oxygen atoms in total. The Bertz CT molecular complexity index is 456. The number of anilines is 1. The fraction of sp³-hybridized carbons (Fsp3) is 0.588. The molecule has 1 aromatic carbocycles. The summed E-state index contributed by atoms with van der Waals surface area (Å²) in [5.41, 5.74) is 1.83. The van der Waals surface area contributed by atoms with Crippen molar-refractivity contribution in [3.8, 4) is 0 Å². The fourth-order valence-corrected chi connectivity index (χ4v) is 3.10. The Hall–Kier alpha value is -1.51. The fourth-order valence-electron chi connectivity index (χ4n) is 3.10. The second-order valence-electron chi connectivity index (χ2n) is 5.98. The average Bonchev–Trinajstić information content (AvgIpc) is 2.47. The van der Waals surface area contributed by atoms with Gasteiger partial charge in [0, 0.05) is 31.4 Å². The molecule has 2 unspecified atom stereocenters. The van der Waals surface area contributed by atoms with E-state index >= 15 is 0 Å². The van der Waals surface area contributed by atoms with Crippen LogP contribution in [0.25, 0.3) is 0 Å². The van der Waals surface area contributed by atoms with Crippen molar-refractivity contribution in [2.75, 3.05) is 19.4 Å². The molecule has 1 fully saturated rings. The molecule has 0 aromatic heterocycles. The molecule has 0 bridgehead atoms. The summed E-state index contributed by atoms with van der Waals surface area (Å²) in [4.78, 5) is 13.6. The molecule has 0 saturated heterocycles. The summed E-state index contributed by atoms with van der Waals surface area (Å²) in [6.07, 6.45) is 6.46. The molecule has 1 aliphatic rings. The molecular weight excluding hydrogens is 248 g/mol. The Morgan fingerprint density at radius 1 is 1.30 bits per heavy atom. The zero-order valence-electron chi connectivity index (χ0n) is 12.9. The largest absolute Gasteiger partial charge is 0.382 e. The van der Waals surface area contributed by atoms with Crippen LogP contribution < -0.4 is 5.32 Å². The highest BCUT2D eigenvalue weighted by Crippen LogP contribution is 2.29. The normalized spacial score (nSPS) is 22.4. The van der Waals surface area contributed by atoms with Gasteiger partial charge in [-0.3, -0.25) is 4.79 Å². The van der Waals surface area contributed by atoms with Gasteiger partial charge in [-0.1, -0.05) is 32.3 Å². The number of amides is 1. The van der Waals surface area contributed by atoms with Gasteiger partial charge in [0.15, 0.2) is 0 Å². The summed E-state index contributed by atoms with van der Waals surface area (Å²) in [5, 5.41) is 3.65. The molecule has 20 heavy (non-hydrogen) atoms. The van der Waals surface area contributed by atoms with Crippen molar-refractivity contribution < 1.29 is 4.79 Å². The Morgan fingerprint density at radius 3 is 2.75 bits per heavy atom. The number of carbonyl (C=O) groups excluding carboxylic acids is 1. The molecule has 0 spiro atoms. The maximum atomic E-state index is 12.0. The highest BCUT2D eigenvalue weighted by atomic mass is 16.2. The van der Waals surface area contributed by atoms with Crippen LogP contribution in [0, 0.1) is 5.92 Å². The van der Waals surface area contributed by atoms with Crippen molar-refractivity contribution in [2.45, 2.75) is 45.1 Å². The first-order valence-electron chi connectivity index (χ1n) is 7.70. The van der Waals surface area contributed by atoms with E-state index in [2.05, 4.69) is 18.3 Å². The van der Waals surface area contributed by atoms with Gasteiger partial charge < -0.3 is 10.2 Å². The van der Waals surface area contributed by atoms with Crippen molar-refractivity contribution >= 4 is 11.6 Å². The van der Waals surface area contributed by atoms with Crippen LogP contribution in [-0.2, 0) is 0 Å². The minimum Gasteiger partial charge on any atom is -0.382 e. The van der Waals surface area contributed by atoms with Crippen LogP contribution in [0.15, 0.2) is 24.3 Å². The first kappa shape index (κ1) is 14.9. The quantitative estimate of drug-likeness (QED) is 0.906. The predicted molar refractivity (Wildman–Crippen MR) is 84.1 cm³/mol. The van der Waals surface area contributed by atoms with E-state index in [1.165, 1.54) is 32.1 Å². The number of hydrogen-bond acceptors (Lipinski definition) is 2. The van der Waals surface area contributed by atoms with Crippen LogP contribution in [-0.4, -0.2) is 30.9 Å². The van der Waals surface area contributed by atoms with Gasteiger partial charge in [-0.2, -0.15) is 0 Å². The number of rotatable bonds is 4. The van der Waals surface area contributed by atoms with Crippen molar-refractivity contribution in [2.24, 2.45) is 5.92 Å². The smallest absolute Gasteiger partial charge is 0.253 e. The molecule has 110 valence electrons. The van der Waals surface area contributed by atoms with Gasteiger partial charge in [0.05, 0.1) is 0 Å². The van der Waals surface area contributed by atoms with E-state index < -0.39 is 0 Å². The van der Waals surface area contributed by atoms with E-state index in [9.17, 15) is 4.79 Å². The van der Waals surface area contributed by atoms with Gasteiger partial charge in [-0.15, -0.1) is 0 Å². The number of nitrogens with one attached hydrogen (secondary N) is 1. The summed E-state index contributed by atoms with van der Waals surface area (Å²) >= 11 is 0. The van der Waals surface area contributed by atoms with Crippen LogP contribution in [0.5, 0.6) is 0 Å². The summed E-state index contributed by atoms with van der Waals surface area (Å²) in [6.45, 7) is 2.27. The van der Waals surface area contributed by atoms with E-state index in [0.29, 0.717) is 6.04 Å². The second-order valence-corrected chi connectivity index (χ2v) is 5.98. The van der Waals surface area contributed by atoms with E-state index in [-0.39, 0.29) is 5.91 Å². The minimum absolute atomic E-state index is 0.0596. The predicted octanol–water partition coefficient (Wildman–Crippen LogP) is 3.77. The Kier molecular flexibility index (Phi) is 5.05. The maximum Gasteiger partial charge on any atom is 0.253 e. The highest BCUT2D eigenvalue weighted by Gasteiger charge is 2.23. The first-order chi connectivity index (χ1) is 9.61. The maximum absolute atomic E-state index is 12.0. The number of nitrogens with zero attached hydrogens (tertiary/aromatic N) is 1. The number of carbonyl (C=O) groups is 1. The standard InChI is InChI=1S/C17H26N2O/c1-4-13-8-5-6-11-16(13)18-15-10-7-9-14(12-15)17(20)19(2)3/h7,9-10,12-13,16,18H,4-6,8,11H2,1-3H3. The molecular formula is C17H26N2O. The molecule has 0 heterocycles. The summed E-state index contributed by atoms with van der Waals surface area (Å²) in [6, 6.07) is 8.44. The van der Waals surface area contributed by atoms with Gasteiger partial charge in [0.2, 0.25) is 0 Å². The summed E-state index contributed by atoms with van der Waals surface area (Å²) in [7, 11) is 3.58. The van der Waals surface area contributed by atoms with Gasteiger partial charge in [0.1, 0.15) is 0 Å². The minimum atomic E-state index is 0.0596. The second kappa shape index (κ2) is 6.78. The first-order valence-corrected chi connectivity index (χ1v) is 7.70. The Labute approximate surface area is 122 Å². The Morgan fingerprint density at radius 2 is 2.05 bits per heavy atom. The van der Waals surface area contributed by atoms with Crippen LogP contribution in [0.4, 0.5) is 5.69 Å². The summed E-state index contributed by atoms with van der Waals surface area (Å²) in [5.74, 6) is 0.821. The molecule has 1 amide bonds. The molecule has 1 N–H and O–H groups in total. The van der Waals surface area contributed by atoms with E-state index in [1.54, 1.807) is 19.0 Å². The van der Waals surface area contributed by atoms with Crippen molar-refractivity contribution in [3.05, 3.63) is 29.8 Å². The van der Waals surface area contributed by atoms with Crippen LogP contribution in [0.1, 0.15) is 49.4 Å². The monoisotopic (exact) mass is 274 g/mol. The van der Waals surface area contributed by atoms with Crippen LogP contribution in [0.2, 0.25) is 0 Å². The lowest BCUT2D eigenvalue weighted by Crippen LogP contribution is -2.31. The molecule has 1 aliphatic carbocycles. The number of benzene rings is 1. The zero-order chi connectivity index (χ0) is 14.5. The van der Waals surface area contributed by atoms with Crippen LogP contribution >= 0.6 is 0 Å². The third-order valence-corrected chi connectivity index (χ3v) is 4.30. The molecule has 2 rings (SSSR count). The molecule has 1 saturated carbocycles. The third-order valence-electron chi connectivity index (χ3n) is 4.30. The lowest BCUT2D eigenvalue weighted by atomic mass is 9.83. The van der Waals surface area contributed by atoms with Gasteiger partial charge in [-0.25, -0.2) is 0 Å². The third kappa shape index (κ3) is 3.53. The van der Waals surface area contributed by atoms with E-state index in [4.69, 9.17) is 0 Å². The lowest BCUT2D eigenvalue weighted by molar-refractivity contribution is 0.0827. The Balaban J connectivity index is 2.09. The van der Waals surface area contributed by atoms with Gasteiger partial charge in [-0.05, 0) is 37.0 Å². The highest BCUT2D eigenvalue weighted by molar-refractivity contribution is 5.94. The van der Waals surface area contributed by atoms with Crippen molar-refractivity contribution in [1.82, 2.24) is 4.90 Å². The lowest BCUT2D eigenvalue weighted by Gasteiger charge is -2.32. The SMILES string of the molecule is CCC1CCCCC1Nc1cccc(C(=O)N(C)C)c1. The van der Waals surface area contributed by atoms with E-state index in [0.717, 1.165) is 17.2 Å². The van der Waals surface area contributed by atoms with Crippen molar-refractivity contribution in [1.29, 1.82) is 0 Å². The summed E-state index contributed by atoms with van der Waals surface area (Å²) < 4.78 is 0. The zero-order valence-corrected chi connectivity index (χ0v) is 12.9. The van der Waals surface area contributed by atoms with Gasteiger partial charge >= 0.3 is 0 Å². The molecule has 0 radical (unpaired) electrons. The molecule has 1 aromatic rings. The number of hydrogen-bond donors (Lipinski definition) is 1. The van der Waals surface area contributed by atoms with Crippen LogP contribution in [0.3, 0.4) is 0 Å². The van der Waals surface area contributed by atoms with E-state index in [1.807, 2.05) is 18.2 Å². The molecule has 2 atom stereocenters. The topological polar surface area (TPSA) is 32.3 Å². The average molecular weight is 274 g/mol. The molecule has 3 heteroatoms. The van der Waals surface area contributed by atoms with Gasteiger partial charge in [0.25, 0.3) is 5.91 Å². The van der Waals surface area contributed by atoms with Crippen molar-refractivity contribution in [3.63, 3.8) is 0 Å².